The van der Waals surface area contributed by atoms with Crippen LogP contribution in [0.15, 0.2) is 58.3 Å². The number of aliphatic hydroxyl groups is 3. The maximum absolute atomic E-state index is 12.8. The van der Waals surface area contributed by atoms with E-state index in [2.05, 4.69) is 0 Å². The molecule has 0 saturated carbocycles. The van der Waals surface area contributed by atoms with Crippen molar-refractivity contribution < 1.29 is 59.5 Å². The fraction of sp³-hybridized carbons (Fsp3) is 0.552. The number of benzene rings is 2. The molecule has 1 fully saturated rings. The van der Waals surface area contributed by atoms with Gasteiger partial charge in [0.1, 0.15) is 37.1 Å². The molecule has 0 amide bonds. The molecule has 15 heteroatoms. The predicted octanol–water partition coefficient (Wildman–Crippen LogP) is 1.73. The second-order valence-electron chi connectivity index (χ2n) is 10.5. The number of hydrogen-bond acceptors (Lipinski definition) is 13. The normalized spacial score (nSPS) is 23.3. The van der Waals surface area contributed by atoms with Gasteiger partial charge in [0.15, 0.2) is 6.29 Å². The van der Waals surface area contributed by atoms with E-state index in [1.807, 2.05) is 6.92 Å². The second-order valence-corrected chi connectivity index (χ2v) is 13.7. The van der Waals surface area contributed by atoms with Crippen LogP contribution < -0.4 is 0 Å². The van der Waals surface area contributed by atoms with Gasteiger partial charge in [-0.3, -0.25) is 13.2 Å². The standard InChI is InChI=1S/C29H40O13S2/c1-4-5-6-7-25(30)38-16-21(17-39-43(34,35)22-12-8-19(2)9-13-22)41-29-28(33)27(32)26(31)24(42-29)18-40-44(36,37)23-14-10-20(3)11-15-23/h8-15,21,24,26-29,31-33H,4-7,16-18H2,1-3H3/t21-,24-,26-,27+,28-,29-/m1/s1. The Labute approximate surface area is 257 Å². The van der Waals surface area contributed by atoms with Gasteiger partial charge >= 0.3 is 5.97 Å². The first kappa shape index (κ1) is 36.0. The van der Waals surface area contributed by atoms with Crippen molar-refractivity contribution in [3.05, 3.63) is 59.7 Å². The highest BCUT2D eigenvalue weighted by Gasteiger charge is 2.46. The molecule has 1 heterocycles. The van der Waals surface area contributed by atoms with Crippen LogP contribution in [-0.2, 0) is 47.6 Å². The molecule has 2 aromatic rings. The van der Waals surface area contributed by atoms with Crippen molar-refractivity contribution in [3.8, 4) is 0 Å². The van der Waals surface area contributed by atoms with Crippen molar-refractivity contribution in [3.63, 3.8) is 0 Å². The number of rotatable bonds is 16. The number of hydrogen-bond donors (Lipinski definition) is 3. The minimum absolute atomic E-state index is 0.116. The predicted molar refractivity (Wildman–Crippen MR) is 155 cm³/mol. The molecule has 0 aromatic heterocycles. The average molecular weight is 661 g/mol. The van der Waals surface area contributed by atoms with Gasteiger partial charge in [0.25, 0.3) is 20.2 Å². The van der Waals surface area contributed by atoms with Crippen molar-refractivity contribution in [2.45, 2.75) is 93.1 Å². The number of carbonyl (C=O) groups is 1. The Morgan fingerprint density at radius 1 is 0.795 bits per heavy atom. The monoisotopic (exact) mass is 660 g/mol. The number of ether oxygens (including phenoxy) is 3. The van der Waals surface area contributed by atoms with Gasteiger partial charge in [-0.2, -0.15) is 16.8 Å². The quantitative estimate of drug-likeness (QED) is 0.134. The third kappa shape index (κ3) is 10.3. The fourth-order valence-corrected chi connectivity index (χ4v) is 5.98. The second kappa shape index (κ2) is 16.2. The van der Waals surface area contributed by atoms with Crippen LogP contribution in [0.5, 0.6) is 0 Å². The van der Waals surface area contributed by atoms with Crippen LogP contribution in [0.2, 0.25) is 0 Å². The number of unbranched alkanes of at least 4 members (excludes halogenated alkanes) is 2. The van der Waals surface area contributed by atoms with E-state index in [1.54, 1.807) is 38.1 Å². The molecule has 0 spiro atoms. The Morgan fingerprint density at radius 2 is 1.34 bits per heavy atom. The van der Waals surface area contributed by atoms with E-state index in [-0.39, 0.29) is 16.2 Å². The van der Waals surface area contributed by atoms with Crippen LogP contribution in [0, 0.1) is 13.8 Å². The van der Waals surface area contributed by atoms with E-state index in [4.69, 9.17) is 22.6 Å². The van der Waals surface area contributed by atoms with Crippen LogP contribution in [-0.4, -0.2) is 94.8 Å². The summed E-state index contributed by atoms with van der Waals surface area (Å²) in [6.07, 6.45) is -7.65. The van der Waals surface area contributed by atoms with Gasteiger partial charge < -0.3 is 29.5 Å². The van der Waals surface area contributed by atoms with Crippen molar-refractivity contribution in [2.75, 3.05) is 19.8 Å². The SMILES string of the molecule is CCCCCC(=O)OC[C@H](COS(=O)(=O)c1ccc(C)cc1)O[C@@H]1O[C@H](COS(=O)(=O)c2ccc(C)cc2)[C@@H](O)[C@H](O)[C@H]1O. The summed E-state index contributed by atoms with van der Waals surface area (Å²) in [5.41, 5.74) is 1.65. The zero-order valence-electron chi connectivity index (χ0n) is 24.8. The highest BCUT2D eigenvalue weighted by molar-refractivity contribution is 7.87. The molecule has 44 heavy (non-hydrogen) atoms. The molecule has 1 aliphatic heterocycles. The lowest BCUT2D eigenvalue weighted by Crippen LogP contribution is -2.60. The van der Waals surface area contributed by atoms with Crippen LogP contribution in [0.25, 0.3) is 0 Å². The molecule has 13 nitrogen and oxygen atoms in total. The van der Waals surface area contributed by atoms with E-state index in [9.17, 15) is 36.9 Å². The van der Waals surface area contributed by atoms with Gasteiger partial charge in [-0.15, -0.1) is 0 Å². The van der Waals surface area contributed by atoms with E-state index in [1.165, 1.54) is 24.3 Å². The molecule has 0 radical (unpaired) electrons. The summed E-state index contributed by atoms with van der Waals surface area (Å²) >= 11 is 0. The van der Waals surface area contributed by atoms with Gasteiger partial charge in [-0.1, -0.05) is 55.2 Å². The van der Waals surface area contributed by atoms with Gasteiger partial charge in [0, 0.05) is 6.42 Å². The molecule has 0 aliphatic carbocycles. The fourth-order valence-electron chi connectivity index (χ4n) is 4.13. The van der Waals surface area contributed by atoms with Crippen molar-refractivity contribution in [2.24, 2.45) is 0 Å². The molecule has 0 bridgehead atoms. The molecule has 1 aliphatic rings. The number of carbonyl (C=O) groups excluding carboxylic acids is 1. The van der Waals surface area contributed by atoms with Crippen molar-refractivity contribution >= 4 is 26.2 Å². The van der Waals surface area contributed by atoms with Gasteiger partial charge in [0.05, 0.1) is 23.0 Å². The number of aryl methyl sites for hydroxylation is 2. The number of esters is 1. The summed E-state index contributed by atoms with van der Waals surface area (Å²) in [5.74, 6) is -0.568. The summed E-state index contributed by atoms with van der Waals surface area (Å²) in [7, 11) is -8.54. The smallest absolute Gasteiger partial charge is 0.305 e. The van der Waals surface area contributed by atoms with Gasteiger partial charge in [-0.25, -0.2) is 0 Å². The molecular weight excluding hydrogens is 620 g/mol. The molecule has 246 valence electrons. The summed E-state index contributed by atoms with van der Waals surface area (Å²) in [5, 5.41) is 31.5. The van der Waals surface area contributed by atoms with Gasteiger partial charge in [-0.05, 0) is 44.5 Å². The van der Waals surface area contributed by atoms with Gasteiger partial charge in [0.2, 0.25) is 0 Å². The molecular formula is C29H40O13S2. The first-order chi connectivity index (χ1) is 20.7. The molecule has 2 aromatic carbocycles. The van der Waals surface area contributed by atoms with E-state index in [0.29, 0.717) is 6.42 Å². The van der Waals surface area contributed by atoms with E-state index >= 15 is 0 Å². The number of aliphatic hydroxyl groups excluding tert-OH is 3. The Morgan fingerprint density at radius 3 is 1.89 bits per heavy atom. The largest absolute Gasteiger partial charge is 0.463 e. The lowest BCUT2D eigenvalue weighted by atomic mass is 9.99. The molecule has 6 atom stereocenters. The van der Waals surface area contributed by atoms with Crippen molar-refractivity contribution in [1.82, 2.24) is 0 Å². The summed E-state index contributed by atoms with van der Waals surface area (Å²) < 4.78 is 77.5. The Bertz CT molecular complexity index is 1410. The van der Waals surface area contributed by atoms with E-state index < -0.39 is 82.8 Å². The van der Waals surface area contributed by atoms with Crippen molar-refractivity contribution in [1.29, 1.82) is 0 Å². The molecule has 3 N–H and O–H groups in total. The zero-order valence-corrected chi connectivity index (χ0v) is 26.4. The van der Waals surface area contributed by atoms with Crippen LogP contribution in [0.1, 0.15) is 43.7 Å². The minimum Gasteiger partial charge on any atom is -0.463 e. The Kier molecular flexibility index (Phi) is 13.3. The maximum atomic E-state index is 12.8. The Balaban J connectivity index is 1.72. The highest BCUT2D eigenvalue weighted by atomic mass is 32.2. The highest BCUT2D eigenvalue weighted by Crippen LogP contribution is 2.25. The van der Waals surface area contributed by atoms with Crippen LogP contribution >= 0.6 is 0 Å². The Hall–Kier alpha value is -2.47. The van der Waals surface area contributed by atoms with Crippen LogP contribution in [0.3, 0.4) is 0 Å². The first-order valence-electron chi connectivity index (χ1n) is 14.2. The maximum Gasteiger partial charge on any atom is 0.305 e. The third-order valence-electron chi connectivity index (χ3n) is 6.83. The topological polar surface area (TPSA) is 192 Å². The molecule has 3 rings (SSSR count). The summed E-state index contributed by atoms with van der Waals surface area (Å²) in [4.78, 5) is 12.0. The molecule has 0 unspecified atom stereocenters. The van der Waals surface area contributed by atoms with E-state index in [0.717, 1.165) is 24.0 Å². The average Bonchev–Trinajstić information content (AvgIpc) is 2.98. The summed E-state index contributed by atoms with van der Waals surface area (Å²) in [6, 6.07) is 11.7. The minimum atomic E-state index is -4.27. The lowest BCUT2D eigenvalue weighted by molar-refractivity contribution is -0.313. The molecule has 1 saturated heterocycles. The lowest BCUT2D eigenvalue weighted by Gasteiger charge is -2.41. The van der Waals surface area contributed by atoms with Crippen LogP contribution in [0.4, 0.5) is 0 Å². The summed E-state index contributed by atoms with van der Waals surface area (Å²) in [6.45, 7) is 3.61. The third-order valence-corrected chi connectivity index (χ3v) is 9.42. The zero-order chi connectivity index (χ0) is 32.5. The first-order valence-corrected chi connectivity index (χ1v) is 17.0.